The van der Waals surface area contributed by atoms with Gasteiger partial charge in [-0.15, -0.1) is 0 Å². The van der Waals surface area contributed by atoms with E-state index in [4.69, 9.17) is 15.0 Å². The third kappa shape index (κ3) is 11.1. The minimum atomic E-state index is 0.568. The predicted octanol–water partition coefficient (Wildman–Crippen LogP) is 33.4. The highest BCUT2D eigenvalue weighted by Crippen LogP contribution is 2.56. The molecule has 0 saturated carbocycles. The molecule has 2 aliphatic rings. The number of rotatable bonds is 9. The lowest BCUT2D eigenvalue weighted by atomic mass is 9.79. The Bertz CT molecular complexity index is 9760. The van der Waals surface area contributed by atoms with Crippen LogP contribution in [0, 0.1) is 0 Å². The van der Waals surface area contributed by atoms with Crippen LogP contribution in [0.1, 0.15) is 0 Å². The van der Waals surface area contributed by atoms with Gasteiger partial charge in [-0.1, -0.05) is 340 Å². The smallest absolute Gasteiger partial charge is 0.237 e. The topological polar surface area (TPSA) is 68.2 Å². The summed E-state index contributed by atoms with van der Waals surface area (Å²) in [5.41, 5.74) is 39.3. The van der Waals surface area contributed by atoms with Crippen molar-refractivity contribution in [3.8, 4) is 157 Å². The Labute approximate surface area is 792 Å². The Morgan fingerprint density at radius 1 is 0.123 bits per heavy atom. The highest BCUT2D eigenvalue weighted by Gasteiger charge is 2.33. The molecule has 0 saturated heterocycles. The molecule has 0 atom stereocenters. The van der Waals surface area contributed by atoms with E-state index in [2.05, 4.69) is 495 Å². The quantitative estimate of drug-likeness (QED) is 0.145. The molecule has 0 amide bonds. The van der Waals surface area contributed by atoms with Gasteiger partial charge in [-0.25, -0.2) is 9.97 Å². The van der Waals surface area contributed by atoms with E-state index < -0.39 is 0 Å². The van der Waals surface area contributed by atoms with Gasteiger partial charge in [-0.05, 0) is 227 Å². The molecule has 9 nitrogen and oxygen atoms in total. The Morgan fingerprint density at radius 3 is 0.696 bits per heavy atom. The van der Waals surface area contributed by atoms with Gasteiger partial charge in [-0.3, -0.25) is 18.3 Å². The molecule has 30 rings (SSSR count). The summed E-state index contributed by atoms with van der Waals surface area (Å²) in [6, 6.07) is 173. The summed E-state index contributed by atoms with van der Waals surface area (Å²) in [6.07, 6.45) is 0. The van der Waals surface area contributed by atoms with Gasteiger partial charge in [0.1, 0.15) is 17.5 Å². The second-order valence-electron chi connectivity index (χ2n) is 36.7. The first-order valence-electron chi connectivity index (χ1n) is 47.4. The number of aromatic nitrogens is 9. The zero-order chi connectivity index (χ0) is 90.1. The molecule has 9 heteroatoms. The summed E-state index contributed by atoms with van der Waals surface area (Å²) in [4.78, 5) is 17.9. The lowest BCUT2D eigenvalue weighted by Gasteiger charge is -2.26. The maximum Gasteiger partial charge on any atom is 0.237 e. The molecule has 2 aliphatic carbocycles. The largest absolute Gasteiger partial charge is 0.309 e. The van der Waals surface area contributed by atoms with Crippen LogP contribution in [0.4, 0.5) is 0 Å². The summed E-state index contributed by atoms with van der Waals surface area (Å²) in [6.45, 7) is 0. The highest BCUT2D eigenvalue weighted by atomic mass is 15.2. The van der Waals surface area contributed by atoms with Crippen molar-refractivity contribution >= 4 is 131 Å². The van der Waals surface area contributed by atoms with Crippen molar-refractivity contribution in [1.29, 1.82) is 0 Å². The Kier molecular flexibility index (Phi) is 16.2. The van der Waals surface area contributed by atoms with Gasteiger partial charge in [0, 0.05) is 81.8 Å². The van der Waals surface area contributed by atoms with Gasteiger partial charge in [0.15, 0.2) is 0 Å². The van der Waals surface area contributed by atoms with Gasteiger partial charge < -0.3 is 9.13 Å². The van der Waals surface area contributed by atoms with Gasteiger partial charge in [0.25, 0.3) is 0 Å². The van der Waals surface area contributed by atoms with Gasteiger partial charge in [-0.2, -0.15) is 4.98 Å². The lowest BCUT2D eigenvalue weighted by molar-refractivity contribution is 0.951. The molecular weight excluding hydrogens is 1680 g/mol. The van der Waals surface area contributed by atoms with E-state index in [1.165, 1.54) is 54.9 Å². The van der Waals surface area contributed by atoms with Crippen LogP contribution >= 0.6 is 0 Å². The minimum absolute atomic E-state index is 0.568. The summed E-state index contributed by atoms with van der Waals surface area (Å²) < 4.78 is 14.4. The van der Waals surface area contributed by atoms with E-state index in [1.54, 1.807) is 0 Å². The molecule has 0 unspecified atom stereocenters. The Balaban J connectivity index is 0.633. The van der Waals surface area contributed by atoms with Crippen LogP contribution in [-0.4, -0.2) is 42.4 Å². The summed E-state index contributed by atoms with van der Waals surface area (Å²) in [5, 5.41) is 13.8. The first-order chi connectivity index (χ1) is 68.5. The zero-order valence-electron chi connectivity index (χ0n) is 74.5. The van der Waals surface area contributed by atoms with Crippen LogP contribution in [0.5, 0.6) is 0 Å². The van der Waals surface area contributed by atoms with E-state index >= 15 is 0 Å². The fourth-order valence-corrected chi connectivity index (χ4v) is 23.7. The first kappa shape index (κ1) is 76.0. The maximum absolute atomic E-state index is 6.08. The maximum atomic E-state index is 6.08. The molecule has 0 N–H and O–H groups in total. The van der Waals surface area contributed by atoms with Crippen LogP contribution < -0.4 is 0 Å². The number of pyridine rings is 1. The number of nitrogens with zero attached hydrogens (tertiary/aromatic N) is 9. The molecule has 8 aromatic heterocycles. The van der Waals surface area contributed by atoms with E-state index in [1.807, 2.05) is 0 Å². The molecular formula is C129H77N9. The predicted molar refractivity (Wildman–Crippen MR) is 573 cm³/mol. The fraction of sp³-hybridized carbons (Fsp3) is 0. The number of benzene rings is 20. The summed E-state index contributed by atoms with van der Waals surface area (Å²) >= 11 is 0. The van der Waals surface area contributed by atoms with Crippen molar-refractivity contribution in [3.63, 3.8) is 0 Å². The van der Waals surface area contributed by atoms with Gasteiger partial charge in [0.2, 0.25) is 5.95 Å². The van der Waals surface area contributed by atoms with Crippen molar-refractivity contribution in [2.45, 2.75) is 0 Å². The van der Waals surface area contributed by atoms with Crippen LogP contribution in [0.3, 0.4) is 0 Å². The van der Waals surface area contributed by atoms with Crippen molar-refractivity contribution in [2.75, 3.05) is 0 Å². The summed E-state index contributed by atoms with van der Waals surface area (Å²) in [7, 11) is 0. The number of hydrogen-bond donors (Lipinski definition) is 0. The lowest BCUT2D eigenvalue weighted by Crippen LogP contribution is -2.09. The van der Waals surface area contributed by atoms with Crippen LogP contribution in [0.15, 0.2) is 467 Å². The molecule has 20 aromatic carbocycles. The van der Waals surface area contributed by atoms with Crippen LogP contribution in [-0.2, 0) is 0 Å². The Morgan fingerprint density at radius 2 is 0.355 bits per heavy atom. The fourth-order valence-electron chi connectivity index (χ4n) is 23.7. The standard InChI is InChI=1S/C129H77N9/c1-2-34-82-81(33-1)83-35-3-6-38-86(83)105-73-103(124(75-107(105)88-40-8-4-36-84(82)88)133-112-54-22-11-43-92(112)93-44-12-23-55-113(93)133)80-71-126(135-116-58-26-15-47-96(116)97-48-16-27-59-117(97)135)131-127(72-80)137-120-62-30-21-53-102(120)109-70-79(66-68-123(109)137)78-65-67-91-85-37-5-7-39-87(85)106-74-110(125(76-108(106)90-42-10-9-41-89(90)104(91)69-78)134-114-56-24-13-45-94(114)95-46-14-25-57-115(95)134)111-77-128(136-118-60-28-17-49-98(118)99-50-18-29-61-119(99)136)132-129(130-111)138-121-63-31-19-51-100(121)101-52-20-32-64-122(101)138/h1-77H. The number of para-hydroxylation sites is 11. The average molecular weight is 1750 g/mol. The molecule has 28 aromatic rings. The second-order valence-corrected chi connectivity index (χ2v) is 36.7. The molecule has 138 heavy (non-hydrogen) atoms. The SMILES string of the molecule is c1ccc2c(c1)-c1ccccc1-c1cc(-c3cc(-n4c5ccccc5c5ccccc54)nc(-n4c5ccccc5c5cc(-c6ccc7c(c6)-c6ccccc6-c6cc(-n8c9ccccc9c9ccccc98)c(-c8cc(-n9c%10ccccc%10c%10ccccc%109)nc(-n9c%10ccccc%10c%10ccccc%109)n8)cc6-c6ccccc6-7)ccc54)c3)c(-n3c4ccccc4c4ccccc43)cc1-c1ccccc1-2. The van der Waals surface area contributed by atoms with Crippen molar-refractivity contribution in [2.24, 2.45) is 0 Å². The van der Waals surface area contributed by atoms with Gasteiger partial charge >= 0.3 is 0 Å². The third-order valence-corrected chi connectivity index (χ3v) is 29.6. The minimum Gasteiger partial charge on any atom is -0.309 e. The van der Waals surface area contributed by atoms with Crippen molar-refractivity contribution in [1.82, 2.24) is 42.4 Å². The normalized spacial score (nSPS) is 12.2. The monoisotopic (exact) mass is 1750 g/mol. The van der Waals surface area contributed by atoms with E-state index in [9.17, 15) is 0 Å². The molecule has 0 bridgehead atoms. The number of hydrogen-bond acceptors (Lipinski definition) is 3. The zero-order valence-corrected chi connectivity index (χ0v) is 74.5. The summed E-state index contributed by atoms with van der Waals surface area (Å²) in [5.74, 6) is 2.92. The van der Waals surface area contributed by atoms with E-state index in [0.29, 0.717) is 5.95 Å². The molecule has 638 valence electrons. The Hall–Kier alpha value is -18.6. The first-order valence-corrected chi connectivity index (χ1v) is 47.4. The number of fused-ring (bicyclic) bond motifs is 34. The van der Waals surface area contributed by atoms with Crippen molar-refractivity contribution < 1.29 is 0 Å². The van der Waals surface area contributed by atoms with Gasteiger partial charge in [0.05, 0.1) is 83.3 Å². The second kappa shape index (κ2) is 29.5. The molecule has 8 heterocycles. The highest BCUT2D eigenvalue weighted by molar-refractivity contribution is 6.18. The third-order valence-electron chi connectivity index (χ3n) is 29.6. The van der Waals surface area contributed by atoms with E-state index in [0.717, 1.165) is 227 Å². The molecule has 0 fully saturated rings. The van der Waals surface area contributed by atoms with Crippen LogP contribution in [0.25, 0.3) is 288 Å². The molecule has 0 aliphatic heterocycles. The van der Waals surface area contributed by atoms with Crippen molar-refractivity contribution in [3.05, 3.63) is 467 Å². The van der Waals surface area contributed by atoms with Crippen LogP contribution in [0.2, 0.25) is 0 Å². The van der Waals surface area contributed by atoms with E-state index in [-0.39, 0.29) is 0 Å². The average Bonchev–Trinajstić information content (AvgIpc) is 1.29. The molecule has 0 radical (unpaired) electrons. The molecule has 0 spiro atoms.